The maximum absolute atomic E-state index is 12.8. The second-order valence-electron chi connectivity index (χ2n) is 11.8. The third-order valence-electron chi connectivity index (χ3n) is 7.54. The van der Waals surface area contributed by atoms with Crippen molar-refractivity contribution in [1.82, 2.24) is 34.9 Å². The molecule has 1 aromatic carbocycles. The van der Waals surface area contributed by atoms with Gasteiger partial charge in [-0.05, 0) is 89.6 Å². The van der Waals surface area contributed by atoms with Gasteiger partial charge in [-0.1, -0.05) is 6.07 Å². The predicted octanol–water partition coefficient (Wildman–Crippen LogP) is 6.00. The minimum atomic E-state index is -0.575. The highest BCUT2D eigenvalue weighted by atomic mass is 16.6. The quantitative estimate of drug-likeness (QED) is 0.259. The van der Waals surface area contributed by atoms with Crippen LogP contribution in [-0.4, -0.2) is 66.9 Å². The molecule has 11 nitrogen and oxygen atoms in total. The van der Waals surface area contributed by atoms with Crippen LogP contribution in [0.5, 0.6) is 0 Å². The van der Waals surface area contributed by atoms with Crippen molar-refractivity contribution in [3.8, 4) is 22.6 Å². The molecule has 0 saturated carbocycles. The summed E-state index contributed by atoms with van der Waals surface area (Å²) in [5.74, 6) is 0.296. The van der Waals surface area contributed by atoms with Gasteiger partial charge in [0, 0.05) is 43.0 Å². The number of ether oxygens (including phenoxy) is 2. The lowest BCUT2D eigenvalue weighted by Gasteiger charge is -2.27. The Labute approximate surface area is 252 Å². The molecule has 1 aliphatic rings. The molecule has 11 heteroatoms. The molecule has 1 fully saturated rings. The molecule has 5 rings (SSSR count). The molecule has 0 bridgehead atoms. The Kier molecular flexibility index (Phi) is 8.82. The number of aromatic amines is 1. The lowest BCUT2D eigenvalue weighted by Crippen LogP contribution is -2.36. The number of imidazole rings is 1. The molecule has 1 saturated heterocycles. The van der Waals surface area contributed by atoms with Crippen LogP contribution in [0.2, 0.25) is 0 Å². The van der Waals surface area contributed by atoms with Crippen LogP contribution in [0.4, 0.5) is 4.79 Å². The summed E-state index contributed by atoms with van der Waals surface area (Å²) in [6.07, 6.45) is 7.63. The Morgan fingerprint density at radius 3 is 2.70 bits per heavy atom. The number of nitrogens with one attached hydrogen (secondary N) is 2. The number of hydrogen-bond acceptors (Lipinski definition) is 7. The molecule has 228 valence electrons. The molecule has 1 unspecified atom stereocenters. The van der Waals surface area contributed by atoms with Gasteiger partial charge in [0.05, 0.1) is 18.3 Å². The van der Waals surface area contributed by atoms with E-state index >= 15 is 0 Å². The first kappa shape index (κ1) is 30.2. The van der Waals surface area contributed by atoms with E-state index in [-0.39, 0.29) is 18.2 Å². The molecule has 4 heterocycles. The van der Waals surface area contributed by atoms with Crippen LogP contribution >= 0.6 is 0 Å². The Balaban J connectivity index is 1.55. The van der Waals surface area contributed by atoms with E-state index in [1.54, 1.807) is 11.1 Å². The maximum atomic E-state index is 12.8. The van der Waals surface area contributed by atoms with E-state index in [4.69, 9.17) is 14.6 Å². The van der Waals surface area contributed by atoms with Gasteiger partial charge < -0.3 is 24.7 Å². The topological polar surface area (TPSA) is 127 Å². The largest absolute Gasteiger partial charge is 0.444 e. The van der Waals surface area contributed by atoms with Gasteiger partial charge in [0.25, 0.3) is 5.91 Å². The Morgan fingerprint density at radius 2 is 2.00 bits per heavy atom. The third kappa shape index (κ3) is 6.56. The molecule has 3 aromatic heterocycles. The van der Waals surface area contributed by atoms with Crippen LogP contribution in [0.1, 0.15) is 81.7 Å². The van der Waals surface area contributed by atoms with Gasteiger partial charge in [-0.25, -0.2) is 14.5 Å². The fourth-order valence-corrected chi connectivity index (χ4v) is 5.29. The number of benzene rings is 1. The molecule has 4 aromatic rings. The van der Waals surface area contributed by atoms with Gasteiger partial charge in [0.1, 0.15) is 17.0 Å². The molecule has 2 N–H and O–H groups in total. The van der Waals surface area contributed by atoms with Crippen LogP contribution in [0.25, 0.3) is 33.5 Å². The van der Waals surface area contributed by atoms with E-state index in [2.05, 4.69) is 38.5 Å². The molecular formula is C32H41N7O4. The SMILES string of the molecule is CCNC(=O)c1cnc(-c2nn(C3CCCCO3)c3ccc(-c4cncc(CN(CC)C(=O)OC(C)(C)C)c4C)cc23)[nH]1. The average molecular weight is 588 g/mol. The summed E-state index contributed by atoms with van der Waals surface area (Å²) in [4.78, 5) is 39.2. The second-order valence-corrected chi connectivity index (χ2v) is 11.8. The lowest BCUT2D eigenvalue weighted by molar-refractivity contribution is -0.0365. The fourth-order valence-electron chi connectivity index (χ4n) is 5.29. The monoisotopic (exact) mass is 587 g/mol. The number of nitrogens with zero attached hydrogens (tertiary/aromatic N) is 5. The highest BCUT2D eigenvalue weighted by Gasteiger charge is 2.25. The molecule has 0 aliphatic carbocycles. The number of carbonyl (C=O) groups excluding carboxylic acids is 2. The van der Waals surface area contributed by atoms with Crippen molar-refractivity contribution in [2.45, 2.75) is 79.2 Å². The summed E-state index contributed by atoms with van der Waals surface area (Å²) in [5, 5.41) is 8.66. The van der Waals surface area contributed by atoms with Gasteiger partial charge >= 0.3 is 6.09 Å². The summed E-state index contributed by atoms with van der Waals surface area (Å²) >= 11 is 0. The molecule has 0 radical (unpaired) electrons. The smallest absolute Gasteiger partial charge is 0.410 e. The van der Waals surface area contributed by atoms with Crippen molar-refractivity contribution in [3.63, 3.8) is 0 Å². The zero-order chi connectivity index (χ0) is 30.7. The number of H-pyrrole nitrogens is 1. The normalized spacial score (nSPS) is 15.4. The lowest BCUT2D eigenvalue weighted by atomic mass is 9.97. The number of amides is 2. The van der Waals surface area contributed by atoms with Gasteiger partial charge in [-0.3, -0.25) is 9.78 Å². The predicted molar refractivity (Wildman–Crippen MR) is 164 cm³/mol. The van der Waals surface area contributed by atoms with Gasteiger partial charge in [0.15, 0.2) is 12.1 Å². The van der Waals surface area contributed by atoms with Crippen molar-refractivity contribution in [2.75, 3.05) is 19.7 Å². The fraction of sp³-hybridized carbons (Fsp3) is 0.469. The van der Waals surface area contributed by atoms with E-state index in [0.717, 1.165) is 52.4 Å². The van der Waals surface area contributed by atoms with Gasteiger partial charge in [-0.15, -0.1) is 0 Å². The van der Waals surface area contributed by atoms with Crippen molar-refractivity contribution in [2.24, 2.45) is 0 Å². The minimum Gasteiger partial charge on any atom is -0.444 e. The van der Waals surface area contributed by atoms with Crippen molar-refractivity contribution >= 4 is 22.9 Å². The van der Waals surface area contributed by atoms with E-state index in [0.29, 0.717) is 43.5 Å². The molecular weight excluding hydrogens is 546 g/mol. The van der Waals surface area contributed by atoms with Crippen LogP contribution in [0.3, 0.4) is 0 Å². The second kappa shape index (κ2) is 12.5. The van der Waals surface area contributed by atoms with E-state index < -0.39 is 5.60 Å². The van der Waals surface area contributed by atoms with Crippen LogP contribution in [0, 0.1) is 6.92 Å². The van der Waals surface area contributed by atoms with E-state index in [1.807, 2.05) is 52.4 Å². The Morgan fingerprint density at radius 1 is 1.19 bits per heavy atom. The summed E-state index contributed by atoms with van der Waals surface area (Å²) in [5.41, 5.74) is 5.25. The maximum Gasteiger partial charge on any atom is 0.410 e. The molecule has 1 aliphatic heterocycles. The summed E-state index contributed by atoms with van der Waals surface area (Å²) in [6, 6.07) is 6.21. The van der Waals surface area contributed by atoms with Crippen molar-refractivity contribution in [3.05, 3.63) is 53.6 Å². The first-order chi connectivity index (χ1) is 20.6. The first-order valence-corrected chi connectivity index (χ1v) is 15.0. The highest BCUT2D eigenvalue weighted by molar-refractivity contribution is 5.97. The molecule has 43 heavy (non-hydrogen) atoms. The zero-order valence-electron chi connectivity index (χ0n) is 25.9. The number of rotatable bonds is 8. The van der Waals surface area contributed by atoms with Gasteiger partial charge in [-0.2, -0.15) is 5.10 Å². The highest BCUT2D eigenvalue weighted by Crippen LogP contribution is 2.35. The van der Waals surface area contributed by atoms with Crippen molar-refractivity contribution in [1.29, 1.82) is 0 Å². The summed E-state index contributed by atoms with van der Waals surface area (Å²) in [6.45, 7) is 13.6. The minimum absolute atomic E-state index is 0.173. The molecule has 0 spiro atoms. The number of carbonyl (C=O) groups is 2. The Hall–Kier alpha value is -4.25. The molecule has 2 amide bonds. The van der Waals surface area contributed by atoms with E-state index in [9.17, 15) is 9.59 Å². The van der Waals surface area contributed by atoms with Crippen molar-refractivity contribution < 1.29 is 19.1 Å². The Bertz CT molecular complexity index is 1610. The van der Waals surface area contributed by atoms with Crippen LogP contribution < -0.4 is 5.32 Å². The number of pyridine rings is 1. The number of aromatic nitrogens is 5. The van der Waals surface area contributed by atoms with Crippen LogP contribution in [-0.2, 0) is 16.0 Å². The number of hydrogen-bond donors (Lipinski definition) is 2. The van der Waals surface area contributed by atoms with Crippen LogP contribution in [0.15, 0.2) is 36.8 Å². The number of fused-ring (bicyclic) bond motifs is 1. The van der Waals surface area contributed by atoms with Gasteiger partial charge in [0.2, 0.25) is 0 Å². The third-order valence-corrected chi connectivity index (χ3v) is 7.54. The zero-order valence-corrected chi connectivity index (χ0v) is 25.9. The van der Waals surface area contributed by atoms with E-state index in [1.165, 1.54) is 6.20 Å². The average Bonchev–Trinajstić information content (AvgIpc) is 3.61. The summed E-state index contributed by atoms with van der Waals surface area (Å²) < 4.78 is 13.6. The summed E-state index contributed by atoms with van der Waals surface area (Å²) in [7, 11) is 0. The standard InChI is InChI=1S/C32H41N7O4/c1-7-34-30(40)25-18-35-29(36-25)28-23-15-21(12-13-26(23)39(37-28)27-11-9-10-14-42-27)24-17-33-16-22(20(24)3)19-38(8-2)31(41)43-32(4,5)6/h12-13,15-18,27H,7-11,14,19H2,1-6H3,(H,34,40)(H,35,36). The molecule has 1 atom stereocenters. The first-order valence-electron chi connectivity index (χ1n) is 15.0.